The van der Waals surface area contributed by atoms with Crippen LogP contribution in [-0.4, -0.2) is 33.7 Å². The molecule has 1 aliphatic rings. The molecule has 5 rings (SSSR count). The van der Waals surface area contributed by atoms with Crippen LogP contribution < -0.4 is 15.4 Å². The molecule has 0 amide bonds. The molecule has 1 unspecified atom stereocenters. The molecule has 4 aromatic rings. The SMILES string of the molecule is Cc1cc(-c2nn(-c3ccccc3)c3c2C(c2ccc(N(C)C)cc2)C(C#N)=C(N)O3)n(C)n1. The molecule has 2 aromatic heterocycles. The van der Waals surface area contributed by atoms with Gasteiger partial charge in [-0.05, 0) is 42.8 Å². The number of anilines is 1. The van der Waals surface area contributed by atoms with Gasteiger partial charge < -0.3 is 15.4 Å². The van der Waals surface area contributed by atoms with Gasteiger partial charge in [0.25, 0.3) is 0 Å². The van der Waals surface area contributed by atoms with Gasteiger partial charge >= 0.3 is 0 Å². The summed E-state index contributed by atoms with van der Waals surface area (Å²) in [5.41, 5.74) is 12.7. The van der Waals surface area contributed by atoms with Crippen LogP contribution in [0.25, 0.3) is 17.1 Å². The molecule has 8 heteroatoms. The van der Waals surface area contributed by atoms with Crippen molar-refractivity contribution in [1.29, 1.82) is 5.26 Å². The summed E-state index contributed by atoms with van der Waals surface area (Å²) in [6.07, 6.45) is 0. The van der Waals surface area contributed by atoms with Crippen molar-refractivity contribution in [1.82, 2.24) is 19.6 Å². The number of para-hydroxylation sites is 1. The van der Waals surface area contributed by atoms with Gasteiger partial charge in [0, 0.05) is 26.8 Å². The molecule has 0 spiro atoms. The van der Waals surface area contributed by atoms with Gasteiger partial charge in [-0.1, -0.05) is 30.3 Å². The van der Waals surface area contributed by atoms with Crippen molar-refractivity contribution in [3.8, 4) is 29.0 Å². The van der Waals surface area contributed by atoms with Crippen molar-refractivity contribution in [3.05, 3.63) is 88.9 Å². The number of nitrogens with two attached hydrogens (primary N) is 1. The quantitative estimate of drug-likeness (QED) is 0.506. The lowest BCUT2D eigenvalue weighted by Gasteiger charge is -2.25. The Morgan fingerprint density at radius 2 is 1.76 bits per heavy atom. The van der Waals surface area contributed by atoms with Crippen molar-refractivity contribution in [3.63, 3.8) is 0 Å². The van der Waals surface area contributed by atoms with Crippen LogP contribution in [0.1, 0.15) is 22.7 Å². The lowest BCUT2D eigenvalue weighted by Crippen LogP contribution is -2.22. The van der Waals surface area contributed by atoms with Gasteiger partial charge in [-0.15, -0.1) is 0 Å². The number of hydrogen-bond acceptors (Lipinski definition) is 6. The minimum Gasteiger partial charge on any atom is -0.422 e. The van der Waals surface area contributed by atoms with E-state index in [0.29, 0.717) is 17.1 Å². The maximum atomic E-state index is 10.1. The van der Waals surface area contributed by atoms with Gasteiger partial charge in [-0.2, -0.15) is 20.1 Å². The number of allylic oxidation sites excluding steroid dienone is 1. The first kappa shape index (κ1) is 21.3. The third kappa shape index (κ3) is 3.39. The maximum absolute atomic E-state index is 10.1. The van der Waals surface area contributed by atoms with E-state index in [-0.39, 0.29) is 5.88 Å². The van der Waals surface area contributed by atoms with Gasteiger partial charge in [0.15, 0.2) is 0 Å². The Labute approximate surface area is 198 Å². The van der Waals surface area contributed by atoms with Gasteiger partial charge in [0.2, 0.25) is 11.8 Å². The van der Waals surface area contributed by atoms with Crippen molar-refractivity contribution in [2.75, 3.05) is 19.0 Å². The zero-order valence-electron chi connectivity index (χ0n) is 19.5. The van der Waals surface area contributed by atoms with E-state index in [1.165, 1.54) is 0 Å². The second kappa shape index (κ2) is 8.12. The van der Waals surface area contributed by atoms with Crippen LogP contribution in [0.4, 0.5) is 5.69 Å². The van der Waals surface area contributed by atoms with E-state index in [2.05, 4.69) is 11.2 Å². The van der Waals surface area contributed by atoms with E-state index in [0.717, 1.165) is 33.9 Å². The minimum absolute atomic E-state index is 0.0847. The average Bonchev–Trinajstić information content (AvgIpc) is 3.37. The molecule has 1 aliphatic heterocycles. The van der Waals surface area contributed by atoms with Crippen LogP contribution >= 0.6 is 0 Å². The smallest absolute Gasteiger partial charge is 0.229 e. The molecule has 34 heavy (non-hydrogen) atoms. The van der Waals surface area contributed by atoms with Crippen molar-refractivity contribution >= 4 is 5.69 Å². The number of aryl methyl sites for hydroxylation is 2. The highest BCUT2D eigenvalue weighted by Crippen LogP contribution is 2.47. The number of hydrogen-bond donors (Lipinski definition) is 1. The van der Waals surface area contributed by atoms with E-state index < -0.39 is 5.92 Å². The normalized spacial score (nSPS) is 15.0. The largest absolute Gasteiger partial charge is 0.422 e. The Morgan fingerprint density at radius 1 is 1.06 bits per heavy atom. The van der Waals surface area contributed by atoms with Crippen LogP contribution in [0.3, 0.4) is 0 Å². The van der Waals surface area contributed by atoms with E-state index in [1.54, 1.807) is 9.36 Å². The summed E-state index contributed by atoms with van der Waals surface area (Å²) in [5.74, 6) is 0.146. The van der Waals surface area contributed by atoms with Crippen molar-refractivity contribution < 1.29 is 4.74 Å². The summed E-state index contributed by atoms with van der Waals surface area (Å²) in [7, 11) is 5.87. The molecule has 1 atom stereocenters. The number of rotatable bonds is 4. The number of fused-ring (bicyclic) bond motifs is 1. The van der Waals surface area contributed by atoms with Crippen LogP contribution in [0, 0.1) is 18.3 Å². The van der Waals surface area contributed by atoms with Gasteiger partial charge in [-0.25, -0.2) is 0 Å². The van der Waals surface area contributed by atoms with Gasteiger partial charge in [0.1, 0.15) is 17.3 Å². The summed E-state index contributed by atoms with van der Waals surface area (Å²) in [6, 6.07) is 22.1. The summed E-state index contributed by atoms with van der Waals surface area (Å²) < 4.78 is 9.62. The molecule has 0 radical (unpaired) electrons. The maximum Gasteiger partial charge on any atom is 0.229 e. The monoisotopic (exact) mass is 451 g/mol. The zero-order valence-corrected chi connectivity index (χ0v) is 19.5. The highest BCUT2D eigenvalue weighted by Gasteiger charge is 2.38. The molecular formula is C26H25N7O. The van der Waals surface area contributed by atoms with Gasteiger partial charge in [-0.3, -0.25) is 4.68 Å². The first-order valence-electron chi connectivity index (χ1n) is 10.9. The summed E-state index contributed by atoms with van der Waals surface area (Å²) >= 11 is 0. The van der Waals surface area contributed by atoms with Crippen molar-refractivity contribution in [2.45, 2.75) is 12.8 Å². The molecule has 2 N–H and O–H groups in total. The third-order valence-corrected chi connectivity index (χ3v) is 6.04. The Morgan fingerprint density at radius 3 is 2.35 bits per heavy atom. The first-order valence-corrected chi connectivity index (χ1v) is 10.9. The molecule has 2 aromatic carbocycles. The van der Waals surface area contributed by atoms with Gasteiger partial charge in [0.05, 0.1) is 28.6 Å². The predicted octanol–water partition coefficient (Wildman–Crippen LogP) is 3.87. The summed E-state index contributed by atoms with van der Waals surface area (Å²) in [6.45, 7) is 1.94. The van der Waals surface area contributed by atoms with Crippen LogP contribution in [0.15, 0.2) is 72.1 Å². The molecule has 3 heterocycles. The van der Waals surface area contributed by atoms with Crippen molar-refractivity contribution in [2.24, 2.45) is 12.8 Å². The molecule has 0 aliphatic carbocycles. The number of nitrogens with zero attached hydrogens (tertiary/aromatic N) is 6. The molecule has 0 fully saturated rings. The number of nitriles is 1. The fraction of sp³-hybridized carbons (Fsp3) is 0.192. The van der Waals surface area contributed by atoms with E-state index in [4.69, 9.17) is 15.6 Å². The highest BCUT2D eigenvalue weighted by atomic mass is 16.5. The molecule has 0 saturated heterocycles. The predicted molar refractivity (Wildman–Crippen MR) is 131 cm³/mol. The van der Waals surface area contributed by atoms with E-state index in [9.17, 15) is 5.26 Å². The molecule has 0 bridgehead atoms. The Kier molecular flexibility index (Phi) is 5.10. The van der Waals surface area contributed by atoms with Crippen LogP contribution in [-0.2, 0) is 7.05 Å². The molecule has 170 valence electrons. The minimum atomic E-state index is -0.437. The Hall–Kier alpha value is -4.51. The zero-order chi connectivity index (χ0) is 24.0. The second-order valence-electron chi connectivity index (χ2n) is 8.52. The Bertz CT molecular complexity index is 1440. The van der Waals surface area contributed by atoms with Crippen LogP contribution in [0.2, 0.25) is 0 Å². The highest BCUT2D eigenvalue weighted by molar-refractivity contribution is 5.70. The Balaban J connectivity index is 1.81. The topological polar surface area (TPSA) is 97.9 Å². The second-order valence-corrected chi connectivity index (χ2v) is 8.52. The van der Waals surface area contributed by atoms with E-state index >= 15 is 0 Å². The third-order valence-electron chi connectivity index (χ3n) is 6.04. The number of aromatic nitrogens is 4. The first-order chi connectivity index (χ1) is 16.4. The fourth-order valence-electron chi connectivity index (χ4n) is 4.40. The number of ether oxygens (including phenoxy) is 1. The summed E-state index contributed by atoms with van der Waals surface area (Å²) in [5, 5.41) is 19.6. The molecule has 8 nitrogen and oxygen atoms in total. The van der Waals surface area contributed by atoms with E-state index in [1.807, 2.05) is 93.6 Å². The lowest BCUT2D eigenvalue weighted by molar-refractivity contribution is 0.367. The summed E-state index contributed by atoms with van der Waals surface area (Å²) in [4.78, 5) is 2.03. The fourth-order valence-corrected chi connectivity index (χ4v) is 4.40. The van der Waals surface area contributed by atoms with Crippen LogP contribution in [0.5, 0.6) is 5.88 Å². The molecular weight excluding hydrogens is 426 g/mol. The average molecular weight is 452 g/mol. The molecule has 0 saturated carbocycles. The number of benzene rings is 2. The lowest BCUT2D eigenvalue weighted by atomic mass is 9.83. The standard InChI is InChI=1S/C26H25N7O/c1-16-14-21(32(4)29-16)24-23-22(17-10-12-18(13-11-17)31(2)3)20(15-27)25(28)34-26(23)33(30-24)19-8-6-5-7-9-19/h5-14,22H,28H2,1-4H3.